The molecule has 3 heterocycles. The van der Waals surface area contributed by atoms with Crippen LogP contribution in [0.2, 0.25) is 0 Å². The smallest absolute Gasteiger partial charge is 0.324 e. The van der Waals surface area contributed by atoms with Crippen molar-refractivity contribution in [3.63, 3.8) is 0 Å². The van der Waals surface area contributed by atoms with Crippen LogP contribution in [0.5, 0.6) is 11.5 Å². The van der Waals surface area contributed by atoms with Gasteiger partial charge in [-0.05, 0) is 31.2 Å². The maximum Gasteiger partial charge on any atom is 0.324 e. The van der Waals surface area contributed by atoms with E-state index in [-0.39, 0.29) is 5.41 Å². The quantitative estimate of drug-likeness (QED) is 0.271. The molecule has 0 aliphatic carbocycles. The number of allylic oxidation sites excluding steroid dienone is 1. The lowest BCUT2D eigenvalue weighted by atomic mass is 9.92. The maximum atomic E-state index is 13.0. The zero-order valence-electron chi connectivity index (χ0n) is 21.7. The fourth-order valence-electron chi connectivity index (χ4n) is 3.83. The second kappa shape index (κ2) is 9.85. The van der Waals surface area contributed by atoms with E-state index >= 15 is 0 Å². The lowest BCUT2D eigenvalue weighted by molar-refractivity contribution is 0.262. The second-order valence-corrected chi connectivity index (χ2v) is 10.0. The number of anilines is 3. The summed E-state index contributed by atoms with van der Waals surface area (Å²) in [5.41, 5.74) is 4.52. The molecule has 0 radical (unpaired) electrons. The number of carbonyl (C=O) groups excluding carboxylic acids is 1. The van der Waals surface area contributed by atoms with E-state index in [9.17, 15) is 4.79 Å². The zero-order chi connectivity index (χ0) is 26.9. The average molecular weight is 508 g/mol. The Balaban J connectivity index is 1.34. The van der Waals surface area contributed by atoms with Crippen LogP contribution >= 0.6 is 0 Å². The fraction of sp³-hybridized carbons (Fsp3) is 0.172. The summed E-state index contributed by atoms with van der Waals surface area (Å²) < 4.78 is 7.83. The average Bonchev–Trinajstić information content (AvgIpc) is 3.29. The number of nitrogens with one attached hydrogen (secondary N) is 3. The van der Waals surface area contributed by atoms with Crippen LogP contribution in [0.1, 0.15) is 32.0 Å². The van der Waals surface area contributed by atoms with Crippen molar-refractivity contribution >= 4 is 35.3 Å². The van der Waals surface area contributed by atoms with Gasteiger partial charge < -0.3 is 15.4 Å². The molecule has 3 N–H and O–H groups in total. The highest BCUT2D eigenvalue weighted by molar-refractivity contribution is 5.99. The van der Waals surface area contributed by atoms with Crippen LogP contribution in [-0.4, -0.2) is 27.0 Å². The molecule has 2 aromatic carbocycles. The lowest BCUT2D eigenvalue weighted by Crippen LogP contribution is -2.21. The van der Waals surface area contributed by atoms with Crippen molar-refractivity contribution in [2.24, 2.45) is 4.99 Å². The van der Waals surface area contributed by atoms with Crippen LogP contribution in [-0.2, 0) is 5.41 Å². The van der Waals surface area contributed by atoms with E-state index < -0.39 is 6.03 Å². The molecule has 0 fully saturated rings. The van der Waals surface area contributed by atoms with E-state index in [4.69, 9.17) is 9.84 Å². The third-order valence-electron chi connectivity index (χ3n) is 5.84. The van der Waals surface area contributed by atoms with Gasteiger partial charge in [0.15, 0.2) is 11.6 Å². The van der Waals surface area contributed by atoms with Crippen molar-refractivity contribution in [3.05, 3.63) is 90.4 Å². The van der Waals surface area contributed by atoms with Gasteiger partial charge in [0.2, 0.25) is 0 Å². The predicted molar refractivity (Wildman–Crippen MR) is 151 cm³/mol. The molecule has 0 atom stereocenters. The summed E-state index contributed by atoms with van der Waals surface area (Å²) >= 11 is 0. The van der Waals surface area contributed by atoms with E-state index in [2.05, 4.69) is 53.3 Å². The molecular weight excluding hydrogens is 478 g/mol. The summed E-state index contributed by atoms with van der Waals surface area (Å²) in [4.78, 5) is 21.5. The number of ether oxygens (including phenoxy) is 1. The first kappa shape index (κ1) is 24.8. The number of urea groups is 1. The summed E-state index contributed by atoms with van der Waals surface area (Å²) in [5.74, 6) is 2.17. The first-order valence-corrected chi connectivity index (χ1v) is 12.2. The fourth-order valence-corrected chi connectivity index (χ4v) is 3.83. The summed E-state index contributed by atoms with van der Waals surface area (Å²) in [6, 6.07) is 18.4. The van der Waals surface area contributed by atoms with Crippen LogP contribution in [0.25, 0.3) is 5.69 Å². The van der Waals surface area contributed by atoms with Crippen molar-refractivity contribution < 1.29 is 9.53 Å². The molecule has 1 aliphatic heterocycles. The molecule has 4 aromatic rings. The minimum atomic E-state index is -0.399. The number of hydrogen-bond donors (Lipinski definition) is 3. The Hall–Kier alpha value is -4.92. The van der Waals surface area contributed by atoms with Gasteiger partial charge in [0.05, 0.1) is 17.6 Å². The number of aryl methyl sites for hydroxylation is 1. The molecule has 0 spiro atoms. The minimum absolute atomic E-state index is 0.187. The predicted octanol–water partition coefficient (Wildman–Crippen LogP) is 6.95. The number of fused-ring (bicyclic) bond motifs is 1. The Morgan fingerprint density at radius 2 is 1.84 bits per heavy atom. The molecule has 9 heteroatoms. The standard InChI is InChI=1S/C29H29N7O2/c1-18-9-11-21(12-10-18)36-25(16-24(35-36)29(3,4)5)34-28(37)33-20-7-6-8-22(15-20)38-23-13-14-30-27-26(23)32-19(2)17-31-27/h6-17,32H,2H2,1,3-5H3,(H2,33,34,37). The summed E-state index contributed by atoms with van der Waals surface area (Å²) in [5, 5.41) is 13.7. The van der Waals surface area contributed by atoms with Crippen molar-refractivity contribution in [3.8, 4) is 17.2 Å². The Morgan fingerprint density at radius 1 is 1.05 bits per heavy atom. The Morgan fingerprint density at radius 3 is 2.61 bits per heavy atom. The lowest BCUT2D eigenvalue weighted by Gasteiger charge is -2.17. The van der Waals surface area contributed by atoms with Crippen LogP contribution < -0.4 is 20.7 Å². The van der Waals surface area contributed by atoms with Crippen LogP contribution in [0.3, 0.4) is 0 Å². The number of aromatic nitrogens is 3. The van der Waals surface area contributed by atoms with Crippen molar-refractivity contribution in [1.29, 1.82) is 0 Å². The number of rotatable bonds is 5. The maximum absolute atomic E-state index is 13.0. The zero-order valence-corrected chi connectivity index (χ0v) is 21.7. The van der Waals surface area contributed by atoms with E-state index in [1.165, 1.54) is 0 Å². The van der Waals surface area contributed by atoms with E-state index in [0.29, 0.717) is 40.2 Å². The summed E-state index contributed by atoms with van der Waals surface area (Å²) in [7, 11) is 0. The van der Waals surface area contributed by atoms with E-state index in [0.717, 1.165) is 16.9 Å². The van der Waals surface area contributed by atoms with Crippen LogP contribution in [0, 0.1) is 6.92 Å². The van der Waals surface area contributed by atoms with Crippen molar-refractivity contribution in [1.82, 2.24) is 14.8 Å². The van der Waals surface area contributed by atoms with Crippen LogP contribution in [0.4, 0.5) is 27.8 Å². The molecule has 0 unspecified atom stereocenters. The molecule has 5 rings (SSSR count). The van der Waals surface area contributed by atoms with Gasteiger partial charge in [-0.3, -0.25) is 5.32 Å². The largest absolute Gasteiger partial charge is 0.455 e. The first-order chi connectivity index (χ1) is 18.2. The normalized spacial score (nSPS) is 12.5. The highest BCUT2D eigenvalue weighted by Crippen LogP contribution is 2.38. The number of hydrogen-bond acceptors (Lipinski definition) is 6. The van der Waals surface area contributed by atoms with Gasteiger partial charge in [-0.2, -0.15) is 5.10 Å². The molecule has 192 valence electrons. The highest BCUT2D eigenvalue weighted by Gasteiger charge is 2.22. The van der Waals surface area contributed by atoms with Gasteiger partial charge in [-0.1, -0.05) is 51.1 Å². The van der Waals surface area contributed by atoms with Gasteiger partial charge >= 0.3 is 6.03 Å². The molecule has 0 bridgehead atoms. The van der Waals surface area contributed by atoms with E-state index in [1.807, 2.05) is 37.3 Å². The second-order valence-electron chi connectivity index (χ2n) is 10.0. The topological polar surface area (TPSA) is 105 Å². The number of nitrogens with zero attached hydrogens (tertiary/aromatic N) is 4. The van der Waals surface area contributed by atoms with Gasteiger partial charge in [0.1, 0.15) is 17.3 Å². The molecule has 38 heavy (non-hydrogen) atoms. The number of aliphatic imine (C=N–C) groups is 1. The molecule has 2 amide bonds. The SMILES string of the molecule is C=C1C=Nc2nccc(Oc3cccc(NC(=O)Nc4cc(C(C)(C)C)nn4-c4ccc(C)cc4)c3)c2N1. The van der Waals surface area contributed by atoms with Crippen LogP contribution in [0.15, 0.2) is 84.1 Å². The molecule has 2 aromatic heterocycles. The Kier molecular flexibility index (Phi) is 6.42. The molecule has 9 nitrogen and oxygen atoms in total. The monoisotopic (exact) mass is 507 g/mol. The molecule has 0 saturated carbocycles. The molecular formula is C29H29N7O2. The number of pyridine rings is 1. The van der Waals surface area contributed by atoms with Gasteiger partial charge in [-0.25, -0.2) is 19.5 Å². The third kappa shape index (κ3) is 5.41. The van der Waals surface area contributed by atoms with Gasteiger partial charge in [0.25, 0.3) is 0 Å². The molecule has 1 aliphatic rings. The summed E-state index contributed by atoms with van der Waals surface area (Å²) in [6.45, 7) is 12.2. The van der Waals surface area contributed by atoms with E-state index in [1.54, 1.807) is 47.4 Å². The Bertz CT molecular complexity index is 1550. The van der Waals surface area contributed by atoms with Crippen molar-refractivity contribution in [2.75, 3.05) is 16.0 Å². The van der Waals surface area contributed by atoms with Gasteiger partial charge in [-0.15, -0.1) is 0 Å². The van der Waals surface area contributed by atoms with Crippen molar-refractivity contribution in [2.45, 2.75) is 33.1 Å². The summed E-state index contributed by atoms with van der Waals surface area (Å²) in [6.07, 6.45) is 3.23. The number of amides is 2. The third-order valence-corrected chi connectivity index (χ3v) is 5.84. The van der Waals surface area contributed by atoms with Gasteiger partial charge in [0, 0.05) is 41.2 Å². The highest BCUT2D eigenvalue weighted by atomic mass is 16.5. The minimum Gasteiger partial charge on any atom is -0.455 e. The Labute approximate surface area is 221 Å². The number of benzene rings is 2. The number of carbonyl (C=O) groups is 1. The first-order valence-electron chi connectivity index (χ1n) is 12.2. The molecule has 0 saturated heterocycles.